The summed E-state index contributed by atoms with van der Waals surface area (Å²) in [6, 6.07) is 11.1. The van der Waals surface area contributed by atoms with Crippen LogP contribution in [0.3, 0.4) is 0 Å². The van der Waals surface area contributed by atoms with Gasteiger partial charge in [0.25, 0.3) is 0 Å². The first-order valence-corrected chi connectivity index (χ1v) is 13.1. The summed E-state index contributed by atoms with van der Waals surface area (Å²) in [6.07, 6.45) is 5.50. The maximum atomic E-state index is 13.8. The van der Waals surface area contributed by atoms with Crippen LogP contribution in [-0.4, -0.2) is 56.4 Å². The lowest BCUT2D eigenvalue weighted by Crippen LogP contribution is -2.61. The Morgan fingerprint density at radius 1 is 1.08 bits per heavy atom. The van der Waals surface area contributed by atoms with Gasteiger partial charge in [-0.05, 0) is 61.1 Å². The predicted molar refractivity (Wildman–Crippen MR) is 143 cm³/mol. The summed E-state index contributed by atoms with van der Waals surface area (Å²) < 4.78 is 10.9. The Morgan fingerprint density at radius 2 is 1.92 bits per heavy atom. The van der Waals surface area contributed by atoms with Gasteiger partial charge in [-0.15, -0.1) is 0 Å². The molecule has 3 aliphatic rings. The van der Waals surface area contributed by atoms with Crippen LogP contribution in [0.5, 0.6) is 5.75 Å². The number of amides is 3. The number of carbonyl (C=O) groups is 2. The van der Waals surface area contributed by atoms with Crippen molar-refractivity contribution in [3.8, 4) is 5.75 Å². The van der Waals surface area contributed by atoms with Gasteiger partial charge in [0.2, 0.25) is 5.91 Å². The highest BCUT2D eigenvalue weighted by atomic mass is 35.5. The van der Waals surface area contributed by atoms with Crippen molar-refractivity contribution in [3.63, 3.8) is 0 Å². The molecule has 1 saturated carbocycles. The minimum Gasteiger partial charge on any atom is -0.497 e. The number of imide groups is 1. The number of rotatable bonds is 4. The SMILES string of the molecule is COc1ccc(Cl)c(C2CCC3C(=O)N(c4cncc5ccc(N6CCOCC6)cc45)C(=O)NC3C2)c1. The van der Waals surface area contributed by atoms with E-state index in [1.54, 1.807) is 19.5 Å². The Bertz CT molecular complexity index is 1360. The highest BCUT2D eigenvalue weighted by molar-refractivity contribution is 6.31. The number of anilines is 2. The van der Waals surface area contributed by atoms with Gasteiger partial charge in [-0.25, -0.2) is 9.69 Å². The molecule has 3 amide bonds. The summed E-state index contributed by atoms with van der Waals surface area (Å²) in [6.45, 7) is 2.97. The molecule has 3 fully saturated rings. The topological polar surface area (TPSA) is 84.0 Å². The van der Waals surface area contributed by atoms with E-state index in [0.717, 1.165) is 47.3 Å². The number of pyridine rings is 1. The smallest absolute Gasteiger partial charge is 0.329 e. The van der Waals surface area contributed by atoms with Crippen LogP contribution < -0.4 is 19.9 Å². The Hall–Kier alpha value is -3.36. The number of aromatic nitrogens is 1. The lowest BCUT2D eigenvalue weighted by Gasteiger charge is -2.42. The monoisotopic (exact) mass is 520 g/mol. The van der Waals surface area contributed by atoms with Gasteiger partial charge in [-0.3, -0.25) is 9.78 Å². The number of nitrogens with one attached hydrogen (secondary N) is 1. The highest BCUT2D eigenvalue weighted by Gasteiger charge is 2.45. The van der Waals surface area contributed by atoms with E-state index in [9.17, 15) is 9.59 Å². The van der Waals surface area contributed by atoms with Gasteiger partial charge in [0.15, 0.2) is 0 Å². The normalized spacial score (nSPS) is 24.1. The number of ether oxygens (including phenoxy) is 2. The number of urea groups is 1. The number of morpholine rings is 1. The number of methoxy groups -OCH3 is 1. The molecule has 0 bridgehead atoms. The van der Waals surface area contributed by atoms with E-state index in [4.69, 9.17) is 21.1 Å². The third kappa shape index (κ3) is 4.38. The van der Waals surface area contributed by atoms with Crippen molar-refractivity contribution in [2.45, 2.75) is 31.2 Å². The number of fused-ring (bicyclic) bond motifs is 2. The van der Waals surface area contributed by atoms with Crippen molar-refractivity contribution in [1.82, 2.24) is 10.3 Å². The lowest BCUT2D eigenvalue weighted by atomic mass is 9.74. The minimum absolute atomic E-state index is 0.138. The molecule has 2 aliphatic heterocycles. The number of hydrogen-bond acceptors (Lipinski definition) is 6. The van der Waals surface area contributed by atoms with Gasteiger partial charge >= 0.3 is 6.03 Å². The van der Waals surface area contributed by atoms with Crippen molar-refractivity contribution in [3.05, 3.63) is 59.4 Å². The number of nitrogens with zero attached hydrogens (tertiary/aromatic N) is 3. The average molecular weight is 521 g/mol. The molecule has 3 aromatic rings. The highest BCUT2D eigenvalue weighted by Crippen LogP contribution is 2.43. The predicted octanol–water partition coefficient (Wildman–Crippen LogP) is 4.74. The first-order valence-electron chi connectivity index (χ1n) is 12.7. The van der Waals surface area contributed by atoms with Gasteiger partial charge in [0.05, 0.1) is 38.1 Å². The van der Waals surface area contributed by atoms with E-state index >= 15 is 0 Å². The number of halogens is 1. The zero-order chi connectivity index (χ0) is 25.5. The summed E-state index contributed by atoms with van der Waals surface area (Å²) >= 11 is 6.51. The fraction of sp³-hybridized carbons (Fsp3) is 0.393. The number of hydrogen-bond donors (Lipinski definition) is 1. The molecule has 2 aromatic carbocycles. The molecule has 8 nitrogen and oxygen atoms in total. The fourth-order valence-corrected chi connectivity index (χ4v) is 6.19. The Balaban J connectivity index is 1.28. The first-order chi connectivity index (χ1) is 18.0. The van der Waals surface area contributed by atoms with Gasteiger partial charge in [0.1, 0.15) is 5.75 Å². The summed E-state index contributed by atoms with van der Waals surface area (Å²) in [5.41, 5.74) is 2.56. The van der Waals surface area contributed by atoms with Crippen LogP contribution in [0.25, 0.3) is 10.8 Å². The lowest BCUT2D eigenvalue weighted by molar-refractivity contribution is -0.124. The van der Waals surface area contributed by atoms with Crippen LogP contribution in [0.15, 0.2) is 48.8 Å². The third-order valence-corrected chi connectivity index (χ3v) is 8.23. The summed E-state index contributed by atoms with van der Waals surface area (Å²) in [5, 5.41) is 5.52. The summed E-state index contributed by atoms with van der Waals surface area (Å²) in [5.74, 6) is 0.418. The molecule has 192 valence electrons. The first kappa shape index (κ1) is 24.0. The fourth-order valence-electron chi connectivity index (χ4n) is 5.92. The molecule has 3 atom stereocenters. The minimum atomic E-state index is -0.408. The van der Waals surface area contributed by atoms with Crippen molar-refractivity contribution >= 4 is 45.7 Å². The average Bonchev–Trinajstić information content (AvgIpc) is 2.93. The van der Waals surface area contributed by atoms with Crippen LogP contribution in [0, 0.1) is 5.92 Å². The summed E-state index contributed by atoms with van der Waals surface area (Å²) in [4.78, 5) is 35.1. The van der Waals surface area contributed by atoms with Gasteiger partial charge in [-0.2, -0.15) is 0 Å². The van der Waals surface area contributed by atoms with Crippen molar-refractivity contribution in [2.75, 3.05) is 43.2 Å². The van der Waals surface area contributed by atoms with E-state index in [2.05, 4.69) is 21.3 Å². The molecule has 3 unspecified atom stereocenters. The Kier molecular flexibility index (Phi) is 6.38. The number of benzene rings is 2. The maximum absolute atomic E-state index is 13.8. The van der Waals surface area contributed by atoms with Gasteiger partial charge in [0, 0.05) is 46.8 Å². The maximum Gasteiger partial charge on any atom is 0.329 e. The van der Waals surface area contributed by atoms with Crippen molar-refractivity contribution < 1.29 is 19.1 Å². The van der Waals surface area contributed by atoms with Gasteiger partial charge in [-0.1, -0.05) is 17.7 Å². The second kappa shape index (κ2) is 9.84. The zero-order valence-electron chi connectivity index (χ0n) is 20.7. The quantitative estimate of drug-likeness (QED) is 0.535. The van der Waals surface area contributed by atoms with Crippen molar-refractivity contribution in [1.29, 1.82) is 0 Å². The van der Waals surface area contributed by atoms with Crippen LogP contribution in [-0.2, 0) is 9.53 Å². The Morgan fingerprint density at radius 3 is 2.73 bits per heavy atom. The molecule has 1 aliphatic carbocycles. The second-order valence-corrected chi connectivity index (χ2v) is 10.3. The molecule has 3 heterocycles. The summed E-state index contributed by atoms with van der Waals surface area (Å²) in [7, 11) is 1.63. The zero-order valence-corrected chi connectivity index (χ0v) is 21.4. The molecule has 2 saturated heterocycles. The molecule has 1 aromatic heterocycles. The van der Waals surface area contributed by atoms with E-state index in [0.29, 0.717) is 36.8 Å². The second-order valence-electron chi connectivity index (χ2n) is 9.90. The van der Waals surface area contributed by atoms with Gasteiger partial charge < -0.3 is 19.7 Å². The van der Waals surface area contributed by atoms with Crippen LogP contribution in [0.2, 0.25) is 5.02 Å². The van der Waals surface area contributed by atoms with Crippen LogP contribution >= 0.6 is 11.6 Å². The molecule has 0 spiro atoms. The third-order valence-electron chi connectivity index (χ3n) is 7.88. The molecule has 1 N–H and O–H groups in total. The largest absolute Gasteiger partial charge is 0.497 e. The molecular formula is C28H29ClN4O4. The number of carbonyl (C=O) groups excluding carboxylic acids is 2. The molecule has 9 heteroatoms. The van der Waals surface area contributed by atoms with E-state index in [-0.39, 0.29) is 23.8 Å². The van der Waals surface area contributed by atoms with E-state index in [1.165, 1.54) is 4.90 Å². The molecular weight excluding hydrogens is 492 g/mol. The standard InChI is InChI=1S/C28H29ClN4O4/c1-36-20-5-7-24(29)22(14-20)17-3-6-21-25(12-17)31-28(35)33(27(21)34)26-16-30-15-18-2-4-19(13-23(18)26)32-8-10-37-11-9-32/h2,4-5,7,13-17,21,25H,3,6,8-12H2,1H3,(H,31,35). The van der Waals surface area contributed by atoms with Crippen LogP contribution in [0.4, 0.5) is 16.2 Å². The van der Waals surface area contributed by atoms with Crippen LogP contribution in [0.1, 0.15) is 30.7 Å². The molecule has 37 heavy (non-hydrogen) atoms. The molecule has 0 radical (unpaired) electrons. The van der Waals surface area contributed by atoms with Crippen molar-refractivity contribution in [2.24, 2.45) is 5.92 Å². The van der Waals surface area contributed by atoms with E-state index < -0.39 is 6.03 Å². The molecule has 6 rings (SSSR count). The Labute approximate surface area is 220 Å². The van der Waals surface area contributed by atoms with E-state index in [1.807, 2.05) is 30.3 Å².